The van der Waals surface area contributed by atoms with Gasteiger partial charge >= 0.3 is 0 Å². The number of aryl methyl sites for hydroxylation is 1. The van der Waals surface area contributed by atoms with Gasteiger partial charge in [-0.15, -0.1) is 0 Å². The molecule has 0 spiro atoms. The van der Waals surface area contributed by atoms with E-state index in [-0.39, 0.29) is 5.91 Å². The van der Waals surface area contributed by atoms with E-state index >= 15 is 0 Å². The van der Waals surface area contributed by atoms with Gasteiger partial charge in [-0.3, -0.25) is 9.69 Å². The van der Waals surface area contributed by atoms with Crippen molar-refractivity contribution in [3.63, 3.8) is 0 Å². The minimum Gasteiger partial charge on any atom is -0.351 e. The number of nitrogens with zero attached hydrogens (tertiary/aromatic N) is 1. The van der Waals surface area contributed by atoms with Crippen LogP contribution in [0.2, 0.25) is 0 Å². The molecule has 1 aliphatic heterocycles. The Labute approximate surface area is 161 Å². The smallest absolute Gasteiger partial charge is 0.251 e. The van der Waals surface area contributed by atoms with Crippen LogP contribution in [0.1, 0.15) is 39.9 Å². The third kappa shape index (κ3) is 5.89. The molecule has 1 heterocycles. The molecule has 1 N–H and O–H groups in total. The molecule has 4 heteroatoms. The molecule has 1 amide bonds. The van der Waals surface area contributed by atoms with Crippen LogP contribution in [0.5, 0.6) is 0 Å². The molecule has 0 aliphatic carbocycles. The minimum absolute atomic E-state index is 0.0221. The highest BCUT2D eigenvalue weighted by Gasteiger charge is 2.12. The SMILES string of the molecule is Cc1cccc(CSCCNC(=O)c2ccc(CN3CCCC3)cc2)c1. The zero-order chi connectivity index (χ0) is 18.2. The van der Waals surface area contributed by atoms with Gasteiger partial charge in [0.05, 0.1) is 0 Å². The molecule has 26 heavy (non-hydrogen) atoms. The number of nitrogens with one attached hydrogen (secondary N) is 1. The molecule has 0 bridgehead atoms. The Bertz CT molecular complexity index is 708. The van der Waals surface area contributed by atoms with Gasteiger partial charge in [-0.2, -0.15) is 11.8 Å². The quantitative estimate of drug-likeness (QED) is 0.707. The summed E-state index contributed by atoms with van der Waals surface area (Å²) in [5.74, 6) is 1.93. The molecule has 0 aromatic heterocycles. The first-order chi connectivity index (χ1) is 12.7. The molecule has 0 radical (unpaired) electrons. The van der Waals surface area contributed by atoms with Crippen molar-refractivity contribution in [1.82, 2.24) is 10.2 Å². The Morgan fingerprint density at radius 3 is 2.58 bits per heavy atom. The zero-order valence-corrected chi connectivity index (χ0v) is 16.4. The lowest BCUT2D eigenvalue weighted by Crippen LogP contribution is -2.25. The number of carbonyl (C=O) groups excluding carboxylic acids is 1. The van der Waals surface area contributed by atoms with Crippen LogP contribution in [0.4, 0.5) is 0 Å². The van der Waals surface area contributed by atoms with Crippen molar-refractivity contribution in [3.8, 4) is 0 Å². The molecule has 0 saturated carbocycles. The summed E-state index contributed by atoms with van der Waals surface area (Å²) in [6.45, 7) is 6.21. The van der Waals surface area contributed by atoms with Crippen LogP contribution < -0.4 is 5.32 Å². The largest absolute Gasteiger partial charge is 0.351 e. The van der Waals surface area contributed by atoms with Crippen LogP contribution in [-0.2, 0) is 12.3 Å². The lowest BCUT2D eigenvalue weighted by molar-refractivity contribution is 0.0956. The topological polar surface area (TPSA) is 32.3 Å². The fourth-order valence-corrected chi connectivity index (χ4v) is 4.10. The van der Waals surface area contributed by atoms with E-state index in [4.69, 9.17) is 0 Å². The lowest BCUT2D eigenvalue weighted by Gasteiger charge is -2.14. The monoisotopic (exact) mass is 368 g/mol. The number of likely N-dealkylation sites (tertiary alicyclic amines) is 1. The Hall–Kier alpha value is -1.78. The van der Waals surface area contributed by atoms with Crippen molar-refractivity contribution in [2.24, 2.45) is 0 Å². The molecule has 0 atom stereocenters. The first kappa shape index (κ1) is 19.0. The second-order valence-electron chi connectivity index (χ2n) is 6.98. The molecular weight excluding hydrogens is 340 g/mol. The van der Waals surface area contributed by atoms with Gasteiger partial charge in [0.1, 0.15) is 0 Å². The molecule has 1 fully saturated rings. The Balaban J connectivity index is 1.36. The van der Waals surface area contributed by atoms with Crippen molar-refractivity contribution in [2.75, 3.05) is 25.4 Å². The summed E-state index contributed by atoms with van der Waals surface area (Å²) in [6.07, 6.45) is 2.62. The van der Waals surface area contributed by atoms with E-state index in [0.717, 1.165) is 23.6 Å². The maximum atomic E-state index is 12.2. The zero-order valence-electron chi connectivity index (χ0n) is 15.5. The Kier molecular flexibility index (Phi) is 7.15. The van der Waals surface area contributed by atoms with E-state index in [1.54, 1.807) is 0 Å². The molecule has 0 unspecified atom stereocenters. The highest BCUT2D eigenvalue weighted by Crippen LogP contribution is 2.14. The molecule has 1 saturated heterocycles. The molecule has 138 valence electrons. The normalized spacial score (nSPS) is 14.5. The highest BCUT2D eigenvalue weighted by molar-refractivity contribution is 7.98. The van der Waals surface area contributed by atoms with Gasteiger partial charge in [-0.25, -0.2) is 0 Å². The number of hydrogen-bond donors (Lipinski definition) is 1. The first-order valence-electron chi connectivity index (χ1n) is 9.43. The van der Waals surface area contributed by atoms with E-state index in [2.05, 4.69) is 53.5 Å². The molecule has 3 rings (SSSR count). The summed E-state index contributed by atoms with van der Waals surface area (Å²) in [6, 6.07) is 16.6. The highest BCUT2D eigenvalue weighted by atomic mass is 32.2. The molecule has 2 aromatic carbocycles. The Morgan fingerprint density at radius 2 is 1.85 bits per heavy atom. The van der Waals surface area contributed by atoms with Crippen LogP contribution in [-0.4, -0.2) is 36.2 Å². The first-order valence-corrected chi connectivity index (χ1v) is 10.6. The number of amides is 1. The maximum absolute atomic E-state index is 12.2. The minimum atomic E-state index is 0.0221. The third-order valence-electron chi connectivity index (χ3n) is 4.70. The van der Waals surface area contributed by atoms with E-state index in [1.165, 1.54) is 42.6 Å². The summed E-state index contributed by atoms with van der Waals surface area (Å²) < 4.78 is 0. The second kappa shape index (κ2) is 9.79. The average molecular weight is 369 g/mol. The van der Waals surface area contributed by atoms with Crippen LogP contribution >= 0.6 is 11.8 Å². The van der Waals surface area contributed by atoms with Gasteiger partial charge < -0.3 is 5.32 Å². The summed E-state index contributed by atoms with van der Waals surface area (Å²) in [5, 5.41) is 3.02. The number of carbonyl (C=O) groups is 1. The fourth-order valence-electron chi connectivity index (χ4n) is 3.29. The van der Waals surface area contributed by atoms with E-state index in [1.807, 2.05) is 23.9 Å². The van der Waals surface area contributed by atoms with Gasteiger partial charge in [0, 0.05) is 30.2 Å². The van der Waals surface area contributed by atoms with Crippen LogP contribution in [0, 0.1) is 6.92 Å². The number of rotatable bonds is 8. The van der Waals surface area contributed by atoms with Gasteiger partial charge in [-0.1, -0.05) is 42.0 Å². The second-order valence-corrected chi connectivity index (χ2v) is 8.08. The summed E-state index contributed by atoms with van der Waals surface area (Å²) >= 11 is 1.85. The van der Waals surface area contributed by atoms with Crippen LogP contribution in [0.15, 0.2) is 48.5 Å². The molecule has 3 nitrogen and oxygen atoms in total. The van der Waals surface area contributed by atoms with E-state index in [9.17, 15) is 4.79 Å². The van der Waals surface area contributed by atoms with Crippen molar-refractivity contribution in [1.29, 1.82) is 0 Å². The summed E-state index contributed by atoms with van der Waals surface area (Å²) in [5.41, 5.74) is 4.68. The van der Waals surface area contributed by atoms with Crippen molar-refractivity contribution < 1.29 is 4.79 Å². The van der Waals surface area contributed by atoms with E-state index in [0.29, 0.717) is 6.54 Å². The molecule has 1 aliphatic rings. The predicted octanol–water partition coefficient (Wildman–Crippen LogP) is 4.25. The molecular formula is C22H28N2OS. The maximum Gasteiger partial charge on any atom is 0.251 e. The standard InChI is InChI=1S/C22H28N2OS/c1-18-5-4-6-20(15-18)17-26-14-11-23-22(25)21-9-7-19(8-10-21)16-24-12-2-3-13-24/h4-10,15H,2-3,11-14,16-17H2,1H3,(H,23,25). The Morgan fingerprint density at radius 1 is 1.08 bits per heavy atom. The third-order valence-corrected chi connectivity index (χ3v) is 5.73. The van der Waals surface area contributed by atoms with E-state index < -0.39 is 0 Å². The van der Waals surface area contributed by atoms with Crippen LogP contribution in [0.3, 0.4) is 0 Å². The van der Waals surface area contributed by atoms with Crippen molar-refractivity contribution in [3.05, 3.63) is 70.8 Å². The lowest BCUT2D eigenvalue weighted by atomic mass is 10.1. The van der Waals surface area contributed by atoms with Crippen molar-refractivity contribution in [2.45, 2.75) is 32.1 Å². The number of benzene rings is 2. The fraction of sp³-hybridized carbons (Fsp3) is 0.409. The van der Waals surface area contributed by atoms with Gasteiger partial charge in [0.2, 0.25) is 0 Å². The summed E-state index contributed by atoms with van der Waals surface area (Å²) in [4.78, 5) is 14.7. The summed E-state index contributed by atoms with van der Waals surface area (Å²) in [7, 11) is 0. The molecule has 2 aromatic rings. The van der Waals surface area contributed by atoms with Gasteiger partial charge in [0.15, 0.2) is 0 Å². The number of hydrogen-bond acceptors (Lipinski definition) is 3. The number of thioether (sulfide) groups is 1. The van der Waals surface area contributed by atoms with Gasteiger partial charge in [0.25, 0.3) is 5.91 Å². The predicted molar refractivity (Wildman–Crippen MR) is 111 cm³/mol. The van der Waals surface area contributed by atoms with Gasteiger partial charge in [-0.05, 0) is 56.1 Å². The van der Waals surface area contributed by atoms with Crippen molar-refractivity contribution >= 4 is 17.7 Å². The van der Waals surface area contributed by atoms with Crippen LogP contribution in [0.25, 0.3) is 0 Å². The average Bonchev–Trinajstić information content (AvgIpc) is 3.15.